The van der Waals surface area contributed by atoms with Crippen LogP contribution in [0.15, 0.2) is 97.1 Å². The Hall–Kier alpha value is -4.05. The Labute approximate surface area is 188 Å². The fourth-order valence-electron chi connectivity index (χ4n) is 3.63. The molecule has 0 amide bonds. The van der Waals surface area contributed by atoms with Crippen molar-refractivity contribution in [1.82, 2.24) is 0 Å². The molecule has 0 fully saturated rings. The highest BCUT2D eigenvalue weighted by Gasteiger charge is 2.16. The van der Waals surface area contributed by atoms with Gasteiger partial charge in [0.05, 0.1) is 12.2 Å². The summed E-state index contributed by atoms with van der Waals surface area (Å²) < 4.78 is 11.4. The van der Waals surface area contributed by atoms with Gasteiger partial charge in [0.2, 0.25) is 0 Å². The Kier molecular flexibility index (Phi) is 6.52. The van der Waals surface area contributed by atoms with E-state index >= 15 is 0 Å². The third-order valence-electron chi connectivity index (χ3n) is 5.20. The van der Waals surface area contributed by atoms with Crippen LogP contribution in [0.2, 0.25) is 0 Å². The third kappa shape index (κ3) is 4.65. The van der Waals surface area contributed by atoms with Crippen LogP contribution in [0, 0.1) is 0 Å². The fourth-order valence-corrected chi connectivity index (χ4v) is 3.63. The zero-order valence-electron chi connectivity index (χ0n) is 18.0. The number of ether oxygens (including phenoxy) is 2. The van der Waals surface area contributed by atoms with E-state index in [1.807, 2.05) is 78.9 Å². The van der Waals surface area contributed by atoms with Crippen molar-refractivity contribution >= 4 is 11.7 Å². The summed E-state index contributed by atoms with van der Waals surface area (Å²) >= 11 is 0. The van der Waals surface area contributed by atoms with Crippen LogP contribution in [0.25, 0.3) is 22.3 Å². The smallest absolute Gasteiger partial charge is 0.340 e. The Morgan fingerprint density at radius 1 is 0.781 bits per heavy atom. The predicted octanol–water partition coefficient (Wildman–Crippen LogP) is 6.36. The standard InChI is InChI=1S/C28H25NO3/c1-2-31-28(30)25-18-21(16-17-26(25)29)22-12-6-7-13-23(22)24-14-8-9-15-27(24)32-19-20-10-4-3-5-11-20/h3-18H,2,19,29H2,1H3. The summed E-state index contributed by atoms with van der Waals surface area (Å²) in [5.74, 6) is 0.376. The number of esters is 1. The van der Waals surface area contributed by atoms with E-state index in [1.165, 1.54) is 0 Å². The molecule has 4 nitrogen and oxygen atoms in total. The maximum atomic E-state index is 12.4. The molecule has 0 aliphatic rings. The van der Waals surface area contributed by atoms with E-state index in [1.54, 1.807) is 19.1 Å². The first-order chi connectivity index (χ1) is 15.7. The molecule has 0 aliphatic heterocycles. The maximum Gasteiger partial charge on any atom is 0.340 e. The highest BCUT2D eigenvalue weighted by atomic mass is 16.5. The van der Waals surface area contributed by atoms with Gasteiger partial charge in [0, 0.05) is 11.3 Å². The molecule has 4 rings (SSSR count). The molecule has 0 spiro atoms. The molecule has 0 radical (unpaired) electrons. The molecule has 0 bridgehead atoms. The zero-order valence-corrected chi connectivity index (χ0v) is 18.0. The largest absolute Gasteiger partial charge is 0.488 e. The topological polar surface area (TPSA) is 61.5 Å². The number of hydrogen-bond donors (Lipinski definition) is 1. The minimum atomic E-state index is -0.420. The summed E-state index contributed by atoms with van der Waals surface area (Å²) in [5.41, 5.74) is 11.8. The van der Waals surface area contributed by atoms with Crippen molar-refractivity contribution in [3.05, 3.63) is 108 Å². The van der Waals surface area contributed by atoms with Gasteiger partial charge in [-0.3, -0.25) is 0 Å². The van der Waals surface area contributed by atoms with Crippen molar-refractivity contribution in [2.45, 2.75) is 13.5 Å². The number of nitrogen functional groups attached to an aromatic ring is 1. The summed E-state index contributed by atoms with van der Waals surface area (Å²) in [6.07, 6.45) is 0. The molecule has 0 saturated carbocycles. The van der Waals surface area contributed by atoms with Crippen LogP contribution in [0.5, 0.6) is 5.75 Å². The van der Waals surface area contributed by atoms with Crippen LogP contribution in [0.3, 0.4) is 0 Å². The normalized spacial score (nSPS) is 10.5. The van der Waals surface area contributed by atoms with Crippen molar-refractivity contribution in [1.29, 1.82) is 0 Å². The van der Waals surface area contributed by atoms with Crippen LogP contribution in [-0.4, -0.2) is 12.6 Å². The average molecular weight is 424 g/mol. The lowest BCUT2D eigenvalue weighted by atomic mass is 9.93. The first-order valence-corrected chi connectivity index (χ1v) is 10.6. The van der Waals surface area contributed by atoms with Gasteiger partial charge in [-0.15, -0.1) is 0 Å². The van der Waals surface area contributed by atoms with Crippen LogP contribution in [0.4, 0.5) is 5.69 Å². The van der Waals surface area contributed by atoms with E-state index in [-0.39, 0.29) is 0 Å². The lowest BCUT2D eigenvalue weighted by molar-refractivity contribution is 0.0527. The van der Waals surface area contributed by atoms with Crippen LogP contribution in [0.1, 0.15) is 22.8 Å². The number of carbonyl (C=O) groups excluding carboxylic acids is 1. The Balaban J connectivity index is 1.73. The van der Waals surface area contributed by atoms with Crippen LogP contribution in [-0.2, 0) is 11.3 Å². The van der Waals surface area contributed by atoms with Gasteiger partial charge in [-0.05, 0) is 47.4 Å². The molecule has 0 atom stereocenters. The van der Waals surface area contributed by atoms with Gasteiger partial charge < -0.3 is 15.2 Å². The molecule has 4 aromatic rings. The minimum Gasteiger partial charge on any atom is -0.488 e. The second-order valence-electron chi connectivity index (χ2n) is 7.34. The van der Waals surface area contributed by atoms with Gasteiger partial charge in [0.1, 0.15) is 12.4 Å². The van der Waals surface area contributed by atoms with Crippen molar-refractivity contribution < 1.29 is 14.3 Å². The quantitative estimate of drug-likeness (QED) is 0.278. The Morgan fingerprint density at radius 2 is 1.44 bits per heavy atom. The molecule has 2 N–H and O–H groups in total. The number of carbonyl (C=O) groups is 1. The number of nitrogens with two attached hydrogens (primary N) is 1. The summed E-state index contributed by atoms with van der Waals surface area (Å²) in [4.78, 5) is 12.4. The SMILES string of the molecule is CCOC(=O)c1cc(-c2ccccc2-c2ccccc2OCc2ccccc2)ccc1N. The molecular formula is C28H25NO3. The van der Waals surface area contributed by atoms with Gasteiger partial charge in [0.15, 0.2) is 0 Å². The van der Waals surface area contributed by atoms with Crippen molar-refractivity contribution in [2.75, 3.05) is 12.3 Å². The molecule has 160 valence electrons. The number of rotatable bonds is 7. The first kappa shape index (κ1) is 21.2. The lowest BCUT2D eigenvalue weighted by Gasteiger charge is -2.16. The molecule has 0 aromatic heterocycles. The average Bonchev–Trinajstić information content (AvgIpc) is 2.84. The second kappa shape index (κ2) is 9.84. The summed E-state index contributed by atoms with van der Waals surface area (Å²) in [5, 5.41) is 0. The fraction of sp³-hybridized carbons (Fsp3) is 0.107. The van der Waals surface area contributed by atoms with Crippen molar-refractivity contribution in [3.63, 3.8) is 0 Å². The molecule has 32 heavy (non-hydrogen) atoms. The summed E-state index contributed by atoms with van der Waals surface area (Å²) in [6, 6.07) is 31.6. The summed E-state index contributed by atoms with van der Waals surface area (Å²) in [7, 11) is 0. The first-order valence-electron chi connectivity index (χ1n) is 10.6. The molecule has 0 heterocycles. The highest BCUT2D eigenvalue weighted by Crippen LogP contribution is 2.38. The van der Waals surface area contributed by atoms with Crippen LogP contribution >= 0.6 is 0 Å². The predicted molar refractivity (Wildman–Crippen MR) is 128 cm³/mol. The van der Waals surface area contributed by atoms with E-state index in [9.17, 15) is 4.79 Å². The van der Waals surface area contributed by atoms with Gasteiger partial charge in [-0.1, -0.05) is 78.9 Å². The van der Waals surface area contributed by atoms with Gasteiger partial charge >= 0.3 is 5.97 Å². The lowest BCUT2D eigenvalue weighted by Crippen LogP contribution is -2.08. The number of para-hydroxylation sites is 1. The second-order valence-corrected chi connectivity index (χ2v) is 7.34. The zero-order chi connectivity index (χ0) is 22.3. The number of anilines is 1. The Morgan fingerprint density at radius 3 is 2.19 bits per heavy atom. The van der Waals surface area contributed by atoms with Gasteiger partial charge in [-0.25, -0.2) is 4.79 Å². The minimum absolute atomic E-state index is 0.297. The Bertz CT molecular complexity index is 1220. The molecule has 0 saturated heterocycles. The van der Waals surface area contributed by atoms with E-state index < -0.39 is 5.97 Å². The number of benzene rings is 4. The molecule has 4 heteroatoms. The van der Waals surface area contributed by atoms with Gasteiger partial charge in [0.25, 0.3) is 0 Å². The van der Waals surface area contributed by atoms with E-state index in [0.29, 0.717) is 24.5 Å². The van der Waals surface area contributed by atoms with E-state index in [2.05, 4.69) is 6.07 Å². The van der Waals surface area contributed by atoms with Crippen molar-refractivity contribution in [2.24, 2.45) is 0 Å². The monoisotopic (exact) mass is 423 g/mol. The van der Waals surface area contributed by atoms with E-state index in [4.69, 9.17) is 15.2 Å². The highest BCUT2D eigenvalue weighted by molar-refractivity contribution is 5.97. The summed E-state index contributed by atoms with van der Waals surface area (Å²) in [6.45, 7) is 2.56. The molecule has 0 unspecified atom stereocenters. The molecular weight excluding hydrogens is 398 g/mol. The van der Waals surface area contributed by atoms with E-state index in [0.717, 1.165) is 33.6 Å². The van der Waals surface area contributed by atoms with Crippen LogP contribution < -0.4 is 10.5 Å². The molecule has 0 aliphatic carbocycles. The third-order valence-corrected chi connectivity index (χ3v) is 5.20. The maximum absolute atomic E-state index is 12.4. The van der Waals surface area contributed by atoms with Crippen molar-refractivity contribution in [3.8, 4) is 28.0 Å². The molecule has 4 aromatic carbocycles. The number of hydrogen-bond acceptors (Lipinski definition) is 4. The van der Waals surface area contributed by atoms with Gasteiger partial charge in [-0.2, -0.15) is 0 Å².